The number of hydrogen-bond donors (Lipinski definition) is 1. The molecule has 0 saturated carbocycles. The van der Waals surface area contributed by atoms with E-state index in [1.807, 2.05) is 13.0 Å². The molecule has 10 heavy (non-hydrogen) atoms. The van der Waals surface area contributed by atoms with Gasteiger partial charge >= 0.3 is 0 Å². The third-order valence-electron chi connectivity index (χ3n) is 1.14. The molecular weight excluding hydrogens is 126 g/mol. The molecule has 2 heteroatoms. The summed E-state index contributed by atoms with van der Waals surface area (Å²) in [5.41, 5.74) is 5.10. The highest BCUT2D eigenvalue weighted by atomic mass is 16.5. The van der Waals surface area contributed by atoms with Crippen LogP contribution >= 0.6 is 0 Å². The lowest BCUT2D eigenvalue weighted by Gasteiger charge is -2.07. The van der Waals surface area contributed by atoms with Crippen molar-refractivity contribution < 1.29 is 4.74 Å². The van der Waals surface area contributed by atoms with Crippen LogP contribution in [0.5, 0.6) is 0 Å². The van der Waals surface area contributed by atoms with Gasteiger partial charge in [0.2, 0.25) is 0 Å². The first-order valence-corrected chi connectivity index (χ1v) is 3.42. The van der Waals surface area contributed by atoms with Crippen LogP contribution in [0.1, 0.15) is 20.8 Å². The Bertz CT molecular complexity index is 136. The van der Waals surface area contributed by atoms with Gasteiger partial charge in [0, 0.05) is 12.1 Å². The van der Waals surface area contributed by atoms with Crippen LogP contribution in [-0.2, 0) is 4.74 Å². The van der Waals surface area contributed by atoms with Crippen molar-refractivity contribution in [3.8, 4) is 0 Å². The molecule has 0 radical (unpaired) electrons. The summed E-state index contributed by atoms with van der Waals surface area (Å²) in [5, 5.41) is 0. The van der Waals surface area contributed by atoms with E-state index < -0.39 is 0 Å². The molecule has 0 aliphatic rings. The SMILES string of the molecule is C/C=C(\O/C=C\N)C(C)C. The topological polar surface area (TPSA) is 35.2 Å². The van der Waals surface area contributed by atoms with Crippen molar-refractivity contribution in [3.05, 3.63) is 24.3 Å². The normalized spacial score (nSPS) is 13.0. The summed E-state index contributed by atoms with van der Waals surface area (Å²) in [6, 6.07) is 0. The van der Waals surface area contributed by atoms with Crippen LogP contribution < -0.4 is 5.73 Å². The first kappa shape index (κ1) is 9.08. The van der Waals surface area contributed by atoms with Crippen molar-refractivity contribution in [1.29, 1.82) is 0 Å². The van der Waals surface area contributed by atoms with Gasteiger partial charge in [0.05, 0.1) is 0 Å². The predicted molar refractivity (Wildman–Crippen MR) is 43.0 cm³/mol. The van der Waals surface area contributed by atoms with Gasteiger partial charge in [-0.15, -0.1) is 0 Å². The van der Waals surface area contributed by atoms with Gasteiger partial charge in [0.25, 0.3) is 0 Å². The highest BCUT2D eigenvalue weighted by Crippen LogP contribution is 2.10. The molecule has 0 unspecified atom stereocenters. The summed E-state index contributed by atoms with van der Waals surface area (Å²) in [6.45, 7) is 6.08. The smallest absolute Gasteiger partial charge is 0.106 e. The Morgan fingerprint density at radius 1 is 1.50 bits per heavy atom. The van der Waals surface area contributed by atoms with E-state index in [1.54, 1.807) is 0 Å². The third kappa shape index (κ3) is 3.17. The second kappa shape index (κ2) is 4.91. The van der Waals surface area contributed by atoms with Crippen LogP contribution in [0.2, 0.25) is 0 Å². The van der Waals surface area contributed by atoms with Gasteiger partial charge in [0.1, 0.15) is 12.0 Å². The lowest BCUT2D eigenvalue weighted by Crippen LogP contribution is -1.95. The molecule has 0 aliphatic heterocycles. The maximum atomic E-state index is 5.16. The number of ether oxygens (including phenoxy) is 1. The molecule has 0 aromatic heterocycles. The van der Waals surface area contributed by atoms with E-state index >= 15 is 0 Å². The van der Waals surface area contributed by atoms with Gasteiger partial charge in [0.15, 0.2) is 0 Å². The standard InChI is InChI=1S/C8H15NO/c1-4-8(7(2)3)10-6-5-9/h4-7H,9H2,1-3H3/b6-5-,8-4-. The fourth-order valence-corrected chi connectivity index (χ4v) is 0.655. The van der Waals surface area contributed by atoms with Crippen LogP contribution in [-0.4, -0.2) is 0 Å². The quantitative estimate of drug-likeness (QED) is 0.610. The first-order chi connectivity index (χ1) is 4.72. The molecule has 0 fully saturated rings. The van der Waals surface area contributed by atoms with Gasteiger partial charge < -0.3 is 10.5 Å². The van der Waals surface area contributed by atoms with Crippen molar-refractivity contribution in [3.63, 3.8) is 0 Å². The van der Waals surface area contributed by atoms with Gasteiger partial charge in [-0.25, -0.2) is 0 Å². The van der Waals surface area contributed by atoms with E-state index in [1.165, 1.54) is 12.5 Å². The zero-order valence-corrected chi connectivity index (χ0v) is 6.79. The largest absolute Gasteiger partial charge is 0.468 e. The van der Waals surface area contributed by atoms with Crippen LogP contribution in [0.4, 0.5) is 0 Å². The molecule has 0 aromatic carbocycles. The van der Waals surface area contributed by atoms with E-state index in [0.29, 0.717) is 5.92 Å². The van der Waals surface area contributed by atoms with E-state index in [4.69, 9.17) is 10.5 Å². The average Bonchev–Trinajstić information content (AvgIpc) is 1.89. The molecule has 2 nitrogen and oxygen atoms in total. The number of hydrogen-bond acceptors (Lipinski definition) is 2. The van der Waals surface area contributed by atoms with Gasteiger partial charge in [-0.2, -0.15) is 0 Å². The molecule has 0 atom stereocenters. The molecule has 0 heterocycles. The van der Waals surface area contributed by atoms with E-state index in [0.717, 1.165) is 5.76 Å². The molecule has 0 aromatic rings. The zero-order valence-electron chi connectivity index (χ0n) is 6.79. The summed E-state index contributed by atoms with van der Waals surface area (Å²) >= 11 is 0. The lowest BCUT2D eigenvalue weighted by atomic mass is 10.2. The van der Waals surface area contributed by atoms with Crippen molar-refractivity contribution in [2.24, 2.45) is 11.7 Å². The van der Waals surface area contributed by atoms with Crippen LogP contribution in [0.3, 0.4) is 0 Å². The minimum atomic E-state index is 0.418. The van der Waals surface area contributed by atoms with Crippen LogP contribution in [0.25, 0.3) is 0 Å². The Hall–Kier alpha value is -0.920. The summed E-state index contributed by atoms with van der Waals surface area (Å²) in [7, 11) is 0. The van der Waals surface area contributed by atoms with E-state index in [9.17, 15) is 0 Å². The molecule has 0 bridgehead atoms. The Kier molecular flexibility index (Phi) is 4.46. The molecule has 0 amide bonds. The molecule has 0 saturated heterocycles. The monoisotopic (exact) mass is 141 g/mol. The minimum Gasteiger partial charge on any atom is -0.468 e. The average molecular weight is 141 g/mol. The molecular formula is C8H15NO. The third-order valence-corrected chi connectivity index (χ3v) is 1.14. The van der Waals surface area contributed by atoms with Crippen LogP contribution in [0.15, 0.2) is 24.3 Å². The zero-order chi connectivity index (χ0) is 7.98. The number of nitrogens with two attached hydrogens (primary N) is 1. The van der Waals surface area contributed by atoms with Crippen LogP contribution in [0, 0.1) is 5.92 Å². The highest BCUT2D eigenvalue weighted by Gasteiger charge is 1.99. The number of allylic oxidation sites excluding steroid dienone is 2. The van der Waals surface area contributed by atoms with Crippen molar-refractivity contribution in [2.75, 3.05) is 0 Å². The Morgan fingerprint density at radius 3 is 2.40 bits per heavy atom. The summed E-state index contributed by atoms with van der Waals surface area (Å²) in [5.74, 6) is 1.36. The fraction of sp³-hybridized carbons (Fsp3) is 0.500. The van der Waals surface area contributed by atoms with E-state index in [2.05, 4.69) is 13.8 Å². The Morgan fingerprint density at radius 2 is 2.10 bits per heavy atom. The van der Waals surface area contributed by atoms with Gasteiger partial charge in [-0.3, -0.25) is 0 Å². The summed E-state index contributed by atoms with van der Waals surface area (Å²) in [4.78, 5) is 0. The van der Waals surface area contributed by atoms with Crippen molar-refractivity contribution in [2.45, 2.75) is 20.8 Å². The molecule has 0 rings (SSSR count). The first-order valence-electron chi connectivity index (χ1n) is 3.42. The molecule has 0 aliphatic carbocycles. The fourth-order valence-electron chi connectivity index (χ4n) is 0.655. The minimum absolute atomic E-state index is 0.418. The van der Waals surface area contributed by atoms with Gasteiger partial charge in [-0.05, 0) is 13.0 Å². The number of rotatable bonds is 3. The Labute approximate surface area is 62.4 Å². The Balaban J connectivity index is 3.86. The van der Waals surface area contributed by atoms with Gasteiger partial charge in [-0.1, -0.05) is 13.8 Å². The molecule has 2 N–H and O–H groups in total. The second-order valence-corrected chi connectivity index (χ2v) is 2.29. The highest BCUT2D eigenvalue weighted by molar-refractivity contribution is 4.95. The van der Waals surface area contributed by atoms with Crippen molar-refractivity contribution >= 4 is 0 Å². The molecule has 0 spiro atoms. The second-order valence-electron chi connectivity index (χ2n) is 2.29. The predicted octanol–water partition coefficient (Wildman–Crippen LogP) is 1.99. The van der Waals surface area contributed by atoms with E-state index in [-0.39, 0.29) is 0 Å². The summed E-state index contributed by atoms with van der Waals surface area (Å²) in [6.07, 6.45) is 4.80. The maximum absolute atomic E-state index is 5.16. The summed E-state index contributed by atoms with van der Waals surface area (Å²) < 4.78 is 5.16. The molecule has 58 valence electrons. The van der Waals surface area contributed by atoms with Crippen molar-refractivity contribution in [1.82, 2.24) is 0 Å². The maximum Gasteiger partial charge on any atom is 0.106 e. The lowest BCUT2D eigenvalue weighted by molar-refractivity contribution is 0.303.